The summed E-state index contributed by atoms with van der Waals surface area (Å²) in [6.45, 7) is 9.95. The molecule has 2 aliphatic rings. The van der Waals surface area contributed by atoms with E-state index in [9.17, 15) is 30.3 Å². The van der Waals surface area contributed by atoms with Gasteiger partial charge in [0.05, 0.1) is 46.9 Å². The van der Waals surface area contributed by atoms with Gasteiger partial charge in [-0.05, 0) is 63.1 Å². The molecule has 3 aromatic rings. The largest absolute Gasteiger partial charge is 0.370 e. The normalized spacial score (nSPS) is 13.9. The minimum Gasteiger partial charge on any atom is -0.370 e. The zero-order chi connectivity index (χ0) is 35.2. The highest BCUT2D eigenvalue weighted by Gasteiger charge is 2.18. The Labute approximate surface area is 295 Å². The first-order chi connectivity index (χ1) is 23.0. The van der Waals surface area contributed by atoms with Crippen LogP contribution in [0.4, 0.5) is 34.1 Å². The molecule has 0 bridgehead atoms. The fraction of sp³-hybridized carbons (Fsp3) is 0.455. The molecule has 2 heterocycles. The summed E-state index contributed by atoms with van der Waals surface area (Å²) in [5, 5.41) is 33.1. The van der Waals surface area contributed by atoms with Gasteiger partial charge in [-0.1, -0.05) is 48.7 Å². The second-order valence-corrected chi connectivity index (χ2v) is 12.6. The smallest absolute Gasteiger partial charge is 0.271 e. The molecular formula is C33H41Cl3N6O6. The van der Waals surface area contributed by atoms with E-state index in [1.165, 1.54) is 42.8 Å². The molecule has 2 aliphatic heterocycles. The lowest BCUT2D eigenvalue weighted by Crippen LogP contribution is -2.29. The maximum atomic E-state index is 10.6. The van der Waals surface area contributed by atoms with E-state index >= 15 is 0 Å². The number of rotatable bonds is 10. The van der Waals surface area contributed by atoms with Crippen LogP contribution in [0.25, 0.3) is 0 Å². The van der Waals surface area contributed by atoms with Crippen molar-refractivity contribution in [1.29, 1.82) is 0 Å². The number of nitro groups is 3. The number of nitro benzene ring substituents is 3. The van der Waals surface area contributed by atoms with Crippen LogP contribution in [-0.4, -0.2) is 54.0 Å². The zero-order valence-electron chi connectivity index (χ0n) is 27.2. The summed E-state index contributed by atoms with van der Waals surface area (Å²) in [6, 6.07) is 14.0. The van der Waals surface area contributed by atoms with Crippen LogP contribution in [0.15, 0.2) is 54.6 Å². The van der Waals surface area contributed by atoms with Gasteiger partial charge in [0.25, 0.3) is 17.1 Å². The second-order valence-electron chi connectivity index (χ2n) is 11.4. The van der Waals surface area contributed by atoms with Gasteiger partial charge in [-0.2, -0.15) is 0 Å². The van der Waals surface area contributed by atoms with Gasteiger partial charge in [0.2, 0.25) is 0 Å². The molecule has 0 amide bonds. The summed E-state index contributed by atoms with van der Waals surface area (Å²) in [4.78, 5) is 36.9. The molecular weight excluding hydrogens is 683 g/mol. The van der Waals surface area contributed by atoms with E-state index in [1.54, 1.807) is 18.2 Å². The molecule has 2 saturated heterocycles. The average Bonchev–Trinajstić information content (AvgIpc) is 3.60. The van der Waals surface area contributed by atoms with E-state index in [4.69, 9.17) is 34.8 Å². The van der Waals surface area contributed by atoms with Gasteiger partial charge >= 0.3 is 0 Å². The fourth-order valence-corrected chi connectivity index (χ4v) is 6.47. The summed E-state index contributed by atoms with van der Waals surface area (Å²) < 4.78 is 0. The number of benzene rings is 3. The molecule has 12 nitrogen and oxygen atoms in total. The number of hydrogen-bond acceptors (Lipinski definition) is 9. The first-order valence-electron chi connectivity index (χ1n) is 16.0. The van der Waals surface area contributed by atoms with Crippen molar-refractivity contribution in [3.05, 3.63) is 100 Å². The molecule has 0 N–H and O–H groups in total. The summed E-state index contributed by atoms with van der Waals surface area (Å²) in [7, 11) is 0. The van der Waals surface area contributed by atoms with Gasteiger partial charge in [0, 0.05) is 75.7 Å². The number of piperidine rings is 1. The van der Waals surface area contributed by atoms with Crippen molar-refractivity contribution >= 4 is 68.9 Å². The van der Waals surface area contributed by atoms with Crippen LogP contribution >= 0.6 is 34.8 Å². The van der Waals surface area contributed by atoms with E-state index in [1.807, 2.05) is 0 Å². The van der Waals surface area contributed by atoms with Crippen molar-refractivity contribution in [2.75, 3.05) is 54.0 Å². The summed E-state index contributed by atoms with van der Waals surface area (Å²) in [5.41, 5.74) is 2.81. The predicted molar refractivity (Wildman–Crippen MR) is 195 cm³/mol. The molecule has 3 aromatic carbocycles. The highest BCUT2D eigenvalue weighted by molar-refractivity contribution is 6.34. The second kappa shape index (κ2) is 19.2. The Kier molecular flexibility index (Phi) is 15.4. The van der Waals surface area contributed by atoms with Crippen LogP contribution in [0, 0.1) is 30.3 Å². The molecule has 0 radical (unpaired) electrons. The molecule has 0 saturated carbocycles. The number of non-ortho nitro benzene ring substituents is 3. The molecule has 2 fully saturated rings. The van der Waals surface area contributed by atoms with Gasteiger partial charge in [-0.3, -0.25) is 30.3 Å². The molecule has 15 heteroatoms. The fourth-order valence-electron chi connectivity index (χ4n) is 5.58. The first-order valence-corrected chi connectivity index (χ1v) is 17.2. The van der Waals surface area contributed by atoms with Crippen molar-refractivity contribution in [3.8, 4) is 0 Å². The Hall–Kier alpha value is -3.87. The van der Waals surface area contributed by atoms with Crippen molar-refractivity contribution < 1.29 is 14.8 Å². The van der Waals surface area contributed by atoms with E-state index in [0.29, 0.717) is 15.1 Å². The summed E-state index contributed by atoms with van der Waals surface area (Å²) in [5.74, 6) is 0. The third kappa shape index (κ3) is 11.1. The van der Waals surface area contributed by atoms with Crippen LogP contribution in [0.1, 0.15) is 58.8 Å². The first kappa shape index (κ1) is 38.6. The lowest BCUT2D eigenvalue weighted by molar-refractivity contribution is -0.385. The molecule has 0 spiro atoms. The van der Waals surface area contributed by atoms with Crippen molar-refractivity contribution in [3.63, 3.8) is 0 Å². The molecule has 0 aliphatic carbocycles. The zero-order valence-corrected chi connectivity index (χ0v) is 29.4. The lowest BCUT2D eigenvalue weighted by Gasteiger charge is -2.29. The Morgan fingerprint density at radius 1 is 0.583 bits per heavy atom. The van der Waals surface area contributed by atoms with Crippen LogP contribution in [0.3, 0.4) is 0 Å². The quantitative estimate of drug-likeness (QED) is 0.148. The monoisotopic (exact) mass is 722 g/mol. The average molecular weight is 724 g/mol. The van der Waals surface area contributed by atoms with Crippen molar-refractivity contribution in [2.24, 2.45) is 0 Å². The Morgan fingerprint density at radius 3 is 1.27 bits per heavy atom. The molecule has 0 atom stereocenters. The lowest BCUT2D eigenvalue weighted by atomic mass is 10.1. The van der Waals surface area contributed by atoms with Crippen LogP contribution in [-0.2, 0) is 0 Å². The van der Waals surface area contributed by atoms with Gasteiger partial charge in [0.1, 0.15) is 0 Å². The van der Waals surface area contributed by atoms with E-state index in [2.05, 4.69) is 28.5 Å². The van der Waals surface area contributed by atoms with Gasteiger partial charge in [-0.15, -0.1) is 0 Å². The Balaban J connectivity index is 0.000000196. The highest BCUT2D eigenvalue weighted by atomic mass is 35.5. The predicted octanol–water partition coefficient (Wildman–Crippen LogP) is 9.96. The minimum atomic E-state index is -0.431. The molecule has 5 rings (SSSR count). The van der Waals surface area contributed by atoms with Crippen LogP contribution in [0.5, 0.6) is 0 Å². The van der Waals surface area contributed by atoms with Crippen LogP contribution in [0.2, 0.25) is 15.1 Å². The van der Waals surface area contributed by atoms with E-state index in [0.717, 1.165) is 94.9 Å². The minimum absolute atomic E-state index is 0.0340. The highest BCUT2D eigenvalue weighted by Crippen LogP contribution is 2.33. The van der Waals surface area contributed by atoms with Crippen LogP contribution < -0.4 is 14.7 Å². The SMILES string of the molecule is CCCN(CCC)c1ccc([N+](=O)[O-])cc1Cl.O=[N+]([O-])c1ccc(N2CCCC2)c(Cl)c1.O=[N+]([O-])c1ccc(N2CCCCC2)c(Cl)c1. The summed E-state index contributed by atoms with van der Waals surface area (Å²) in [6.07, 6.45) is 7.93. The standard InChI is InChI=1S/C12H17ClN2O2.C11H13ClN2O2.C10H11ClN2O2/c1-3-7-14(8-4-2)12-6-5-10(15(16)17)9-11(12)13;12-10-8-9(14(15)16)4-5-11(10)13-6-2-1-3-7-13;11-9-7-8(13(14)15)3-4-10(9)12-5-1-2-6-12/h5-6,9H,3-4,7-8H2,1-2H3;4-5,8H,1-3,6-7H2;3-4,7H,1-2,5-6H2. The molecule has 260 valence electrons. The van der Waals surface area contributed by atoms with E-state index in [-0.39, 0.29) is 17.1 Å². The molecule has 0 aromatic heterocycles. The van der Waals surface area contributed by atoms with Gasteiger partial charge in [-0.25, -0.2) is 0 Å². The molecule has 48 heavy (non-hydrogen) atoms. The van der Waals surface area contributed by atoms with Crippen molar-refractivity contribution in [2.45, 2.75) is 58.8 Å². The van der Waals surface area contributed by atoms with Gasteiger partial charge < -0.3 is 14.7 Å². The molecule has 0 unspecified atom stereocenters. The third-order valence-electron chi connectivity index (χ3n) is 7.90. The maximum absolute atomic E-state index is 10.6. The third-order valence-corrected chi connectivity index (χ3v) is 8.81. The summed E-state index contributed by atoms with van der Waals surface area (Å²) >= 11 is 18.2. The maximum Gasteiger partial charge on any atom is 0.271 e. The number of halogens is 3. The number of anilines is 3. The Morgan fingerprint density at radius 2 is 0.938 bits per heavy atom. The topological polar surface area (TPSA) is 139 Å². The number of hydrogen-bond donors (Lipinski definition) is 0. The Bertz CT molecular complexity index is 1540. The van der Waals surface area contributed by atoms with Crippen molar-refractivity contribution in [1.82, 2.24) is 0 Å². The number of nitrogens with zero attached hydrogens (tertiary/aromatic N) is 6. The van der Waals surface area contributed by atoms with E-state index < -0.39 is 14.8 Å². The van der Waals surface area contributed by atoms with Gasteiger partial charge in [0.15, 0.2) is 0 Å².